The minimum Gasteiger partial charge on any atom is -0.466 e. The van der Waals surface area contributed by atoms with Crippen molar-refractivity contribution in [2.75, 3.05) is 12.5 Å². The summed E-state index contributed by atoms with van der Waals surface area (Å²) >= 11 is 5.38. The molecule has 0 bridgehead atoms. The molecule has 12 heavy (non-hydrogen) atoms. The van der Waals surface area contributed by atoms with Crippen molar-refractivity contribution in [2.45, 2.75) is 40.0 Å². The second-order valence-electron chi connectivity index (χ2n) is 2.32. The first-order valence-corrected chi connectivity index (χ1v) is 4.91. The van der Waals surface area contributed by atoms with Gasteiger partial charge in [-0.05, 0) is 13.3 Å². The number of ether oxygens (including phenoxy) is 1. The normalized spacial score (nSPS) is 8.33. The molecule has 0 radical (unpaired) electrons. The fourth-order valence-corrected chi connectivity index (χ4v) is 0.737. The molecule has 74 valence electrons. The molecule has 0 aliphatic heterocycles. The van der Waals surface area contributed by atoms with E-state index in [1.165, 1.54) is 26.2 Å². The van der Waals surface area contributed by atoms with E-state index in [0.717, 1.165) is 5.88 Å². The van der Waals surface area contributed by atoms with Gasteiger partial charge in [-0.3, -0.25) is 4.79 Å². The van der Waals surface area contributed by atoms with Crippen molar-refractivity contribution >= 4 is 17.6 Å². The molecule has 0 aliphatic rings. The molecule has 0 aromatic heterocycles. The Morgan fingerprint density at radius 1 is 1.33 bits per heavy atom. The standard InChI is InChI=1S/C5H11Cl.C4H8O2/c1-2-3-4-5-6;1-3-6-4(2)5/h2-5H2,1H3;3H2,1-2H3. The van der Waals surface area contributed by atoms with Gasteiger partial charge in [-0.15, -0.1) is 11.6 Å². The van der Waals surface area contributed by atoms with Gasteiger partial charge in [-0.2, -0.15) is 0 Å². The lowest BCUT2D eigenvalue weighted by Gasteiger charge is -1.89. The Morgan fingerprint density at radius 3 is 2.00 bits per heavy atom. The predicted octanol–water partition coefficient (Wildman–Crippen LogP) is 2.98. The molecular weight excluding hydrogens is 176 g/mol. The number of alkyl halides is 1. The van der Waals surface area contributed by atoms with E-state index in [2.05, 4.69) is 11.7 Å². The van der Waals surface area contributed by atoms with Crippen molar-refractivity contribution in [1.29, 1.82) is 0 Å². The van der Waals surface area contributed by atoms with Crippen LogP contribution in [0.3, 0.4) is 0 Å². The average Bonchev–Trinajstić information content (AvgIpc) is 2.02. The molecule has 0 spiro atoms. The van der Waals surface area contributed by atoms with E-state index in [4.69, 9.17) is 11.6 Å². The van der Waals surface area contributed by atoms with E-state index >= 15 is 0 Å². The molecule has 0 amide bonds. The Morgan fingerprint density at radius 2 is 1.92 bits per heavy atom. The number of hydrogen-bond acceptors (Lipinski definition) is 2. The molecule has 0 rings (SSSR count). The van der Waals surface area contributed by atoms with E-state index in [-0.39, 0.29) is 5.97 Å². The fraction of sp³-hybridized carbons (Fsp3) is 0.889. The van der Waals surface area contributed by atoms with Gasteiger partial charge in [0.05, 0.1) is 6.61 Å². The molecule has 3 heteroatoms. The molecule has 0 atom stereocenters. The molecule has 0 fully saturated rings. The summed E-state index contributed by atoms with van der Waals surface area (Å²) in [6.45, 7) is 5.83. The zero-order chi connectivity index (χ0) is 9.82. The van der Waals surface area contributed by atoms with Gasteiger partial charge < -0.3 is 4.74 Å². The first-order valence-electron chi connectivity index (χ1n) is 4.38. The van der Waals surface area contributed by atoms with E-state index in [0.29, 0.717) is 6.61 Å². The Balaban J connectivity index is 0. The lowest BCUT2D eigenvalue weighted by Crippen LogP contribution is -1.95. The van der Waals surface area contributed by atoms with Crippen LogP contribution in [0.4, 0.5) is 0 Å². The quantitative estimate of drug-likeness (QED) is 0.391. The molecule has 0 aromatic carbocycles. The summed E-state index contributed by atoms with van der Waals surface area (Å²) in [6.07, 6.45) is 3.73. The highest BCUT2D eigenvalue weighted by atomic mass is 35.5. The first-order chi connectivity index (χ1) is 5.68. The van der Waals surface area contributed by atoms with E-state index in [9.17, 15) is 4.79 Å². The van der Waals surface area contributed by atoms with Crippen molar-refractivity contribution in [3.05, 3.63) is 0 Å². The number of carbonyl (C=O) groups is 1. The highest BCUT2D eigenvalue weighted by molar-refractivity contribution is 6.17. The third-order valence-electron chi connectivity index (χ3n) is 1.08. The van der Waals surface area contributed by atoms with Crippen LogP contribution in [0, 0.1) is 0 Å². The van der Waals surface area contributed by atoms with Crippen LogP contribution in [0.2, 0.25) is 0 Å². The van der Waals surface area contributed by atoms with E-state index < -0.39 is 0 Å². The third-order valence-corrected chi connectivity index (χ3v) is 1.35. The molecule has 0 aromatic rings. The van der Waals surface area contributed by atoms with Gasteiger partial charge in [0.25, 0.3) is 0 Å². The highest BCUT2D eigenvalue weighted by Crippen LogP contribution is 1.93. The lowest BCUT2D eigenvalue weighted by molar-refractivity contribution is -0.140. The molecule has 2 nitrogen and oxygen atoms in total. The summed E-state index contributed by atoms with van der Waals surface area (Å²) in [7, 11) is 0. The summed E-state index contributed by atoms with van der Waals surface area (Å²) in [4.78, 5) is 9.82. The molecule has 0 N–H and O–H groups in total. The van der Waals surface area contributed by atoms with Gasteiger partial charge in [-0.1, -0.05) is 19.8 Å². The van der Waals surface area contributed by atoms with Crippen LogP contribution in [0.5, 0.6) is 0 Å². The van der Waals surface area contributed by atoms with E-state index in [1.807, 2.05) is 0 Å². The summed E-state index contributed by atoms with van der Waals surface area (Å²) < 4.78 is 4.40. The van der Waals surface area contributed by atoms with Crippen molar-refractivity contribution in [2.24, 2.45) is 0 Å². The molecular formula is C9H19ClO2. The summed E-state index contributed by atoms with van der Waals surface area (Å²) in [6, 6.07) is 0. The Kier molecular flexibility index (Phi) is 15.9. The van der Waals surface area contributed by atoms with Gasteiger partial charge in [0.15, 0.2) is 0 Å². The zero-order valence-corrected chi connectivity index (χ0v) is 8.99. The maximum atomic E-state index is 9.82. The van der Waals surface area contributed by atoms with Crippen molar-refractivity contribution in [3.8, 4) is 0 Å². The zero-order valence-electron chi connectivity index (χ0n) is 8.23. The van der Waals surface area contributed by atoms with E-state index in [1.54, 1.807) is 6.92 Å². The monoisotopic (exact) mass is 194 g/mol. The second-order valence-corrected chi connectivity index (χ2v) is 2.70. The minimum absolute atomic E-state index is 0.211. The Labute approximate surface area is 80.2 Å². The number of halogens is 1. The maximum absolute atomic E-state index is 9.82. The van der Waals surface area contributed by atoms with Crippen LogP contribution in [0.25, 0.3) is 0 Å². The van der Waals surface area contributed by atoms with Crippen LogP contribution < -0.4 is 0 Å². The van der Waals surface area contributed by atoms with Crippen LogP contribution in [0.1, 0.15) is 40.0 Å². The third kappa shape index (κ3) is 22.6. The number of unbranched alkanes of at least 4 members (excludes halogenated alkanes) is 2. The SMILES string of the molecule is CCCCCCl.CCOC(C)=O. The van der Waals surface area contributed by atoms with Crippen molar-refractivity contribution in [3.63, 3.8) is 0 Å². The minimum atomic E-state index is -0.211. The smallest absolute Gasteiger partial charge is 0.302 e. The van der Waals surface area contributed by atoms with Crippen molar-refractivity contribution in [1.82, 2.24) is 0 Å². The summed E-state index contributed by atoms with van der Waals surface area (Å²) in [5, 5.41) is 0. The Bertz CT molecular complexity index is 90.5. The first kappa shape index (κ1) is 14.3. The Hall–Kier alpha value is -0.240. The van der Waals surface area contributed by atoms with Gasteiger partial charge >= 0.3 is 5.97 Å². The number of rotatable bonds is 4. The topological polar surface area (TPSA) is 26.3 Å². The number of hydrogen-bond donors (Lipinski definition) is 0. The molecule has 0 aliphatic carbocycles. The van der Waals surface area contributed by atoms with Crippen LogP contribution in [0.15, 0.2) is 0 Å². The largest absolute Gasteiger partial charge is 0.466 e. The molecule has 0 saturated heterocycles. The van der Waals surface area contributed by atoms with Crippen LogP contribution in [-0.2, 0) is 9.53 Å². The number of carbonyl (C=O) groups excluding carboxylic acids is 1. The number of esters is 1. The fourth-order valence-electron chi connectivity index (χ4n) is 0.548. The van der Waals surface area contributed by atoms with Crippen molar-refractivity contribution < 1.29 is 9.53 Å². The summed E-state index contributed by atoms with van der Waals surface area (Å²) in [5.74, 6) is 0.617. The molecule has 0 heterocycles. The lowest BCUT2D eigenvalue weighted by atomic mass is 10.3. The van der Waals surface area contributed by atoms with Gasteiger partial charge in [0.1, 0.15) is 0 Å². The second kappa shape index (κ2) is 13.4. The molecule has 0 unspecified atom stereocenters. The van der Waals surface area contributed by atoms with Gasteiger partial charge in [-0.25, -0.2) is 0 Å². The average molecular weight is 195 g/mol. The summed E-state index contributed by atoms with van der Waals surface area (Å²) in [5.41, 5.74) is 0. The molecule has 0 saturated carbocycles. The van der Waals surface area contributed by atoms with Crippen LogP contribution in [-0.4, -0.2) is 18.5 Å². The highest BCUT2D eigenvalue weighted by Gasteiger charge is 1.81. The van der Waals surface area contributed by atoms with Gasteiger partial charge in [0, 0.05) is 12.8 Å². The van der Waals surface area contributed by atoms with Crippen LogP contribution >= 0.6 is 11.6 Å². The maximum Gasteiger partial charge on any atom is 0.302 e. The predicted molar refractivity (Wildman–Crippen MR) is 52.6 cm³/mol. The van der Waals surface area contributed by atoms with Gasteiger partial charge in [0.2, 0.25) is 0 Å².